The van der Waals surface area contributed by atoms with Crippen molar-refractivity contribution in [2.45, 2.75) is 19.4 Å². The molecule has 2 aromatic rings. The van der Waals surface area contributed by atoms with Crippen LogP contribution in [-0.2, 0) is 9.53 Å². The lowest BCUT2D eigenvalue weighted by atomic mass is 9.91. The predicted octanol–water partition coefficient (Wildman–Crippen LogP) is 2.69. The van der Waals surface area contributed by atoms with E-state index in [4.69, 9.17) is 10.5 Å². The van der Waals surface area contributed by atoms with E-state index < -0.39 is 11.4 Å². The average Bonchev–Trinajstić information content (AvgIpc) is 3.39. The first kappa shape index (κ1) is 26.1. The van der Waals surface area contributed by atoms with Gasteiger partial charge in [-0.3, -0.25) is 19.4 Å². The van der Waals surface area contributed by atoms with Crippen LogP contribution in [0.25, 0.3) is 11.1 Å². The number of allylic oxidation sites excluding steroid dienone is 1. The normalized spacial score (nSPS) is 21.1. The van der Waals surface area contributed by atoms with Gasteiger partial charge in [-0.15, -0.1) is 0 Å². The monoisotopic (exact) mass is 519 g/mol. The molecule has 200 valence electrons. The van der Waals surface area contributed by atoms with Gasteiger partial charge in [0.25, 0.3) is 11.8 Å². The fourth-order valence-electron chi connectivity index (χ4n) is 5.26. The Morgan fingerprint density at radius 2 is 1.76 bits per heavy atom. The number of benzene rings is 2. The molecule has 0 bridgehead atoms. The highest BCUT2D eigenvalue weighted by Gasteiger charge is 2.38. The van der Waals surface area contributed by atoms with Gasteiger partial charge in [0.1, 0.15) is 17.2 Å². The number of nitrogens with two attached hydrogens (primary N) is 1. The van der Waals surface area contributed by atoms with Gasteiger partial charge in [0.05, 0.1) is 11.3 Å². The summed E-state index contributed by atoms with van der Waals surface area (Å²) in [5.74, 6) is -0.398. The molecule has 2 aromatic carbocycles. The standard InChI is InChI=1S/C29H34FN5O3/c1-29(2)23(18-25(38-29)26-22-8-7-21(30)17-24(22)33-28(26)37)19-3-5-20(6-4-19)27(36)32-10-12-35-15-13-34(11-9-31)14-16-35/h3-8,17-18H,9-16,31H2,1-2H3,(H,32,36)(H,33,37)/b26-25+. The second kappa shape index (κ2) is 10.7. The number of anilines is 1. The maximum Gasteiger partial charge on any atom is 0.260 e. The van der Waals surface area contributed by atoms with Gasteiger partial charge < -0.3 is 21.1 Å². The summed E-state index contributed by atoms with van der Waals surface area (Å²) in [6.45, 7) is 10.9. The highest BCUT2D eigenvalue weighted by atomic mass is 19.1. The van der Waals surface area contributed by atoms with E-state index >= 15 is 0 Å². The molecule has 3 heterocycles. The number of amides is 2. The number of halogens is 1. The van der Waals surface area contributed by atoms with Crippen LogP contribution in [0.3, 0.4) is 0 Å². The highest BCUT2D eigenvalue weighted by molar-refractivity contribution is 6.32. The van der Waals surface area contributed by atoms with Gasteiger partial charge in [-0.05, 0) is 55.8 Å². The Morgan fingerprint density at radius 1 is 1.08 bits per heavy atom. The third-order valence-corrected chi connectivity index (χ3v) is 7.34. The molecule has 0 aliphatic carbocycles. The molecule has 9 heteroatoms. The number of nitrogens with zero attached hydrogens (tertiary/aromatic N) is 2. The lowest BCUT2D eigenvalue weighted by molar-refractivity contribution is -0.111. The Bertz CT molecular complexity index is 1290. The maximum atomic E-state index is 13.6. The topological polar surface area (TPSA) is 99.9 Å². The van der Waals surface area contributed by atoms with Crippen LogP contribution in [0.15, 0.2) is 54.3 Å². The van der Waals surface area contributed by atoms with Crippen LogP contribution in [0.2, 0.25) is 0 Å². The molecular weight excluding hydrogens is 485 g/mol. The molecule has 1 fully saturated rings. The minimum absolute atomic E-state index is 0.108. The van der Waals surface area contributed by atoms with E-state index in [9.17, 15) is 14.0 Å². The Hall–Kier alpha value is -3.53. The number of nitrogens with one attached hydrogen (secondary N) is 2. The fourth-order valence-corrected chi connectivity index (χ4v) is 5.26. The van der Waals surface area contributed by atoms with Crippen molar-refractivity contribution in [3.05, 3.63) is 76.8 Å². The number of carbonyl (C=O) groups is 2. The predicted molar refractivity (Wildman–Crippen MR) is 146 cm³/mol. The van der Waals surface area contributed by atoms with E-state index in [1.165, 1.54) is 12.1 Å². The summed E-state index contributed by atoms with van der Waals surface area (Å²) < 4.78 is 19.8. The summed E-state index contributed by atoms with van der Waals surface area (Å²) in [6, 6.07) is 11.6. The molecule has 0 unspecified atom stereocenters. The van der Waals surface area contributed by atoms with Crippen molar-refractivity contribution in [3.63, 3.8) is 0 Å². The summed E-state index contributed by atoms with van der Waals surface area (Å²) in [4.78, 5) is 30.1. The number of piperazine rings is 1. The van der Waals surface area contributed by atoms with E-state index in [0.29, 0.717) is 41.2 Å². The van der Waals surface area contributed by atoms with Crippen molar-refractivity contribution in [1.82, 2.24) is 15.1 Å². The smallest absolute Gasteiger partial charge is 0.260 e. The molecule has 3 aliphatic rings. The molecule has 0 aromatic heterocycles. The number of fused-ring (bicyclic) bond motifs is 1. The second-order valence-electron chi connectivity index (χ2n) is 10.4. The van der Waals surface area contributed by atoms with Crippen molar-refractivity contribution in [2.24, 2.45) is 5.73 Å². The number of ether oxygens (including phenoxy) is 1. The van der Waals surface area contributed by atoms with E-state index in [1.807, 2.05) is 32.1 Å². The molecule has 2 amide bonds. The Balaban J connectivity index is 1.24. The summed E-state index contributed by atoms with van der Waals surface area (Å²) in [7, 11) is 0. The number of hydrogen-bond donors (Lipinski definition) is 3. The van der Waals surface area contributed by atoms with Crippen molar-refractivity contribution in [3.8, 4) is 0 Å². The Morgan fingerprint density at radius 3 is 2.45 bits per heavy atom. The van der Waals surface area contributed by atoms with Crippen LogP contribution < -0.4 is 16.4 Å². The first-order valence-corrected chi connectivity index (χ1v) is 13.1. The summed E-state index contributed by atoms with van der Waals surface area (Å²) in [5, 5.41) is 5.73. The Labute approximate surface area is 222 Å². The number of hydrogen-bond acceptors (Lipinski definition) is 6. The fraction of sp³-hybridized carbons (Fsp3) is 0.379. The second-order valence-corrected chi connectivity index (χ2v) is 10.4. The molecule has 38 heavy (non-hydrogen) atoms. The van der Waals surface area contributed by atoms with E-state index in [2.05, 4.69) is 20.4 Å². The summed E-state index contributed by atoms with van der Waals surface area (Å²) in [5.41, 5.74) is 8.76. The van der Waals surface area contributed by atoms with Crippen molar-refractivity contribution < 1.29 is 18.7 Å². The minimum atomic E-state index is -0.691. The van der Waals surface area contributed by atoms with E-state index in [0.717, 1.165) is 50.4 Å². The molecule has 8 nitrogen and oxygen atoms in total. The molecule has 0 atom stereocenters. The van der Waals surface area contributed by atoms with Crippen LogP contribution in [0.1, 0.15) is 35.3 Å². The zero-order valence-electron chi connectivity index (χ0n) is 21.9. The SMILES string of the molecule is CC1(C)O/C(=C2/C(=O)Nc3cc(F)ccc32)C=C1c1ccc(C(=O)NCCN2CCN(CCN)CC2)cc1. The van der Waals surface area contributed by atoms with Gasteiger partial charge in [0, 0.05) is 69.1 Å². The molecule has 0 spiro atoms. The molecule has 0 saturated carbocycles. The zero-order valence-corrected chi connectivity index (χ0v) is 21.9. The highest BCUT2D eigenvalue weighted by Crippen LogP contribution is 2.44. The van der Waals surface area contributed by atoms with E-state index in [1.54, 1.807) is 18.2 Å². The average molecular weight is 520 g/mol. The van der Waals surface area contributed by atoms with Crippen LogP contribution in [0, 0.1) is 5.82 Å². The van der Waals surface area contributed by atoms with Crippen LogP contribution in [0.5, 0.6) is 0 Å². The first-order chi connectivity index (χ1) is 18.2. The van der Waals surface area contributed by atoms with Crippen molar-refractivity contribution in [1.29, 1.82) is 0 Å². The van der Waals surface area contributed by atoms with Crippen LogP contribution in [-0.4, -0.2) is 79.6 Å². The van der Waals surface area contributed by atoms with E-state index in [-0.39, 0.29) is 11.8 Å². The van der Waals surface area contributed by atoms with Crippen molar-refractivity contribution >= 4 is 28.6 Å². The molecule has 1 saturated heterocycles. The quantitative estimate of drug-likeness (QED) is 0.487. The molecule has 3 aliphatic heterocycles. The summed E-state index contributed by atoms with van der Waals surface area (Å²) in [6.07, 6.45) is 1.86. The maximum absolute atomic E-state index is 13.6. The lowest BCUT2D eigenvalue weighted by Crippen LogP contribution is -2.49. The largest absolute Gasteiger partial charge is 0.482 e. The number of rotatable bonds is 7. The molecule has 4 N–H and O–H groups in total. The third kappa shape index (κ3) is 5.36. The van der Waals surface area contributed by atoms with Crippen LogP contribution >= 0.6 is 0 Å². The Kier molecular flexibility index (Phi) is 7.34. The zero-order chi connectivity index (χ0) is 26.9. The van der Waals surface area contributed by atoms with Crippen molar-refractivity contribution in [2.75, 3.05) is 57.7 Å². The number of carbonyl (C=O) groups excluding carboxylic acids is 2. The minimum Gasteiger partial charge on any atom is -0.482 e. The van der Waals surface area contributed by atoms with Gasteiger partial charge in [-0.1, -0.05) is 12.1 Å². The lowest BCUT2D eigenvalue weighted by Gasteiger charge is -2.34. The summed E-state index contributed by atoms with van der Waals surface area (Å²) >= 11 is 0. The molecular formula is C29H34FN5O3. The van der Waals surface area contributed by atoms with Gasteiger partial charge in [-0.25, -0.2) is 4.39 Å². The third-order valence-electron chi connectivity index (χ3n) is 7.34. The van der Waals surface area contributed by atoms with Gasteiger partial charge in [0.15, 0.2) is 0 Å². The van der Waals surface area contributed by atoms with Gasteiger partial charge >= 0.3 is 0 Å². The van der Waals surface area contributed by atoms with Crippen LogP contribution in [0.4, 0.5) is 10.1 Å². The first-order valence-electron chi connectivity index (χ1n) is 13.1. The molecule has 0 radical (unpaired) electrons. The van der Waals surface area contributed by atoms with Gasteiger partial charge in [-0.2, -0.15) is 0 Å². The molecule has 5 rings (SSSR count). The van der Waals surface area contributed by atoms with Gasteiger partial charge in [0.2, 0.25) is 0 Å².